The zero-order chi connectivity index (χ0) is 11.4. The summed E-state index contributed by atoms with van der Waals surface area (Å²) in [5, 5.41) is 3.32. The second-order valence-corrected chi connectivity index (χ2v) is 4.43. The van der Waals surface area contributed by atoms with Crippen LogP contribution in [0.1, 0.15) is 12.0 Å². The minimum absolute atomic E-state index is 0.263. The van der Waals surface area contributed by atoms with E-state index in [9.17, 15) is 0 Å². The van der Waals surface area contributed by atoms with Crippen LogP contribution in [0.2, 0.25) is 0 Å². The lowest BCUT2D eigenvalue weighted by molar-refractivity contribution is 0.317. The molecule has 2 atom stereocenters. The van der Waals surface area contributed by atoms with Crippen molar-refractivity contribution in [1.82, 2.24) is 5.32 Å². The molecule has 1 saturated heterocycles. The Balaban J connectivity index is 2.07. The molecular weight excluding hydrogens is 200 g/mol. The van der Waals surface area contributed by atoms with E-state index in [1.165, 1.54) is 5.56 Å². The number of piperidine rings is 1. The fourth-order valence-electron chi connectivity index (χ4n) is 2.34. The molecule has 0 radical (unpaired) electrons. The zero-order valence-corrected chi connectivity index (χ0v) is 9.78. The van der Waals surface area contributed by atoms with E-state index >= 15 is 0 Å². The van der Waals surface area contributed by atoms with Crippen molar-refractivity contribution < 1.29 is 4.74 Å². The van der Waals surface area contributed by atoms with Crippen LogP contribution < -0.4 is 15.8 Å². The van der Waals surface area contributed by atoms with Crippen LogP contribution >= 0.6 is 0 Å². The van der Waals surface area contributed by atoms with Gasteiger partial charge in [-0.25, -0.2) is 0 Å². The summed E-state index contributed by atoms with van der Waals surface area (Å²) in [7, 11) is 1.72. The second kappa shape index (κ2) is 5.32. The van der Waals surface area contributed by atoms with Crippen LogP contribution in [0.4, 0.5) is 0 Å². The fourth-order valence-corrected chi connectivity index (χ4v) is 2.34. The number of ether oxygens (including phenoxy) is 1. The lowest BCUT2D eigenvalue weighted by Gasteiger charge is -2.29. The number of hydrogen-bond acceptors (Lipinski definition) is 3. The smallest absolute Gasteiger partial charge is 0.122 e. The second-order valence-electron chi connectivity index (χ2n) is 4.43. The van der Waals surface area contributed by atoms with Gasteiger partial charge in [0.05, 0.1) is 7.11 Å². The Hall–Kier alpha value is -1.06. The maximum atomic E-state index is 6.12. The summed E-state index contributed by atoms with van der Waals surface area (Å²) in [6.07, 6.45) is 2.17. The van der Waals surface area contributed by atoms with Gasteiger partial charge in [0.1, 0.15) is 5.75 Å². The summed E-state index contributed by atoms with van der Waals surface area (Å²) in [5.74, 6) is 1.55. The molecule has 2 unspecified atom stereocenters. The molecule has 16 heavy (non-hydrogen) atoms. The highest BCUT2D eigenvalue weighted by Crippen LogP contribution is 2.24. The number of rotatable bonds is 3. The SMILES string of the molecule is COc1ccccc1CC1CCNCC1N. The van der Waals surface area contributed by atoms with E-state index in [1.807, 2.05) is 12.1 Å². The van der Waals surface area contributed by atoms with E-state index in [2.05, 4.69) is 17.4 Å². The Kier molecular flexibility index (Phi) is 3.80. The van der Waals surface area contributed by atoms with Gasteiger partial charge in [-0.3, -0.25) is 0 Å². The standard InChI is InChI=1S/C13H20N2O/c1-16-13-5-3-2-4-11(13)8-10-6-7-15-9-12(10)14/h2-5,10,12,15H,6-9,14H2,1H3. The van der Waals surface area contributed by atoms with E-state index in [0.29, 0.717) is 5.92 Å². The van der Waals surface area contributed by atoms with Gasteiger partial charge in [0.25, 0.3) is 0 Å². The largest absolute Gasteiger partial charge is 0.496 e. The third-order valence-corrected chi connectivity index (χ3v) is 3.35. The van der Waals surface area contributed by atoms with Gasteiger partial charge in [-0.05, 0) is 36.9 Å². The lowest BCUT2D eigenvalue weighted by atomic mass is 9.87. The van der Waals surface area contributed by atoms with E-state index in [1.54, 1.807) is 7.11 Å². The molecule has 0 spiro atoms. The van der Waals surface area contributed by atoms with Gasteiger partial charge in [0.15, 0.2) is 0 Å². The molecule has 0 aromatic heterocycles. The Labute approximate surface area is 97.0 Å². The maximum Gasteiger partial charge on any atom is 0.122 e. The Bertz CT molecular complexity index is 340. The normalized spacial score (nSPS) is 25.4. The number of para-hydroxylation sites is 1. The van der Waals surface area contributed by atoms with Crippen molar-refractivity contribution in [2.45, 2.75) is 18.9 Å². The third-order valence-electron chi connectivity index (χ3n) is 3.35. The minimum Gasteiger partial charge on any atom is -0.496 e. The van der Waals surface area contributed by atoms with E-state index in [4.69, 9.17) is 10.5 Å². The molecule has 1 aromatic carbocycles. The summed E-state index contributed by atoms with van der Waals surface area (Å²) >= 11 is 0. The molecule has 3 heteroatoms. The zero-order valence-electron chi connectivity index (χ0n) is 9.78. The number of nitrogens with two attached hydrogens (primary N) is 1. The van der Waals surface area contributed by atoms with Gasteiger partial charge in [0, 0.05) is 12.6 Å². The number of benzene rings is 1. The van der Waals surface area contributed by atoms with Crippen molar-refractivity contribution in [3.63, 3.8) is 0 Å². The molecule has 3 nitrogen and oxygen atoms in total. The topological polar surface area (TPSA) is 47.3 Å². The predicted molar refractivity (Wildman–Crippen MR) is 65.7 cm³/mol. The minimum atomic E-state index is 0.263. The Morgan fingerprint density at radius 1 is 1.44 bits per heavy atom. The lowest BCUT2D eigenvalue weighted by Crippen LogP contribution is -2.46. The molecule has 0 amide bonds. The molecule has 0 saturated carbocycles. The van der Waals surface area contributed by atoms with Gasteiger partial charge in [0.2, 0.25) is 0 Å². The molecule has 0 aliphatic carbocycles. The summed E-state index contributed by atoms with van der Waals surface area (Å²) in [5.41, 5.74) is 7.39. The van der Waals surface area contributed by atoms with Crippen LogP contribution in [0.25, 0.3) is 0 Å². The average molecular weight is 220 g/mol. The molecule has 1 aliphatic rings. The van der Waals surface area contributed by atoms with E-state index < -0.39 is 0 Å². The molecule has 2 rings (SSSR count). The van der Waals surface area contributed by atoms with Crippen molar-refractivity contribution in [3.8, 4) is 5.75 Å². The molecule has 1 fully saturated rings. The number of nitrogens with one attached hydrogen (secondary N) is 1. The van der Waals surface area contributed by atoms with Crippen molar-refractivity contribution in [1.29, 1.82) is 0 Å². The van der Waals surface area contributed by atoms with Gasteiger partial charge < -0.3 is 15.8 Å². The van der Waals surface area contributed by atoms with Crippen LogP contribution in [0.5, 0.6) is 5.75 Å². The van der Waals surface area contributed by atoms with E-state index in [0.717, 1.165) is 31.7 Å². The molecule has 1 aromatic rings. The van der Waals surface area contributed by atoms with Gasteiger partial charge >= 0.3 is 0 Å². The highest BCUT2D eigenvalue weighted by molar-refractivity contribution is 5.33. The Morgan fingerprint density at radius 3 is 3.00 bits per heavy atom. The average Bonchev–Trinajstić information content (AvgIpc) is 2.33. The van der Waals surface area contributed by atoms with Gasteiger partial charge in [-0.1, -0.05) is 18.2 Å². The molecular formula is C13H20N2O. The summed E-state index contributed by atoms with van der Waals surface area (Å²) in [4.78, 5) is 0. The first-order chi connectivity index (χ1) is 7.81. The maximum absolute atomic E-state index is 6.12. The molecule has 3 N–H and O–H groups in total. The molecule has 88 valence electrons. The Morgan fingerprint density at radius 2 is 2.25 bits per heavy atom. The van der Waals surface area contributed by atoms with Crippen LogP contribution in [-0.2, 0) is 6.42 Å². The summed E-state index contributed by atoms with van der Waals surface area (Å²) < 4.78 is 5.37. The van der Waals surface area contributed by atoms with Crippen LogP contribution in [-0.4, -0.2) is 26.2 Å². The number of hydrogen-bond donors (Lipinski definition) is 2. The van der Waals surface area contributed by atoms with Crippen LogP contribution in [0, 0.1) is 5.92 Å². The number of methoxy groups -OCH3 is 1. The van der Waals surface area contributed by atoms with Crippen LogP contribution in [0.3, 0.4) is 0 Å². The molecule has 1 aliphatic heterocycles. The summed E-state index contributed by atoms with van der Waals surface area (Å²) in [6.45, 7) is 2.01. The highest BCUT2D eigenvalue weighted by Gasteiger charge is 2.22. The molecule has 1 heterocycles. The first-order valence-corrected chi connectivity index (χ1v) is 5.89. The van der Waals surface area contributed by atoms with Crippen molar-refractivity contribution in [3.05, 3.63) is 29.8 Å². The van der Waals surface area contributed by atoms with Crippen molar-refractivity contribution in [2.24, 2.45) is 11.7 Å². The first kappa shape index (κ1) is 11.4. The van der Waals surface area contributed by atoms with Crippen molar-refractivity contribution in [2.75, 3.05) is 20.2 Å². The quantitative estimate of drug-likeness (QED) is 0.804. The molecule has 0 bridgehead atoms. The van der Waals surface area contributed by atoms with Gasteiger partial charge in [-0.15, -0.1) is 0 Å². The fraction of sp³-hybridized carbons (Fsp3) is 0.538. The monoisotopic (exact) mass is 220 g/mol. The van der Waals surface area contributed by atoms with E-state index in [-0.39, 0.29) is 6.04 Å². The predicted octanol–water partition coefficient (Wildman–Crippen LogP) is 1.17. The van der Waals surface area contributed by atoms with Crippen molar-refractivity contribution >= 4 is 0 Å². The van der Waals surface area contributed by atoms with Gasteiger partial charge in [-0.2, -0.15) is 0 Å². The van der Waals surface area contributed by atoms with Crippen LogP contribution in [0.15, 0.2) is 24.3 Å². The summed E-state index contributed by atoms with van der Waals surface area (Å²) in [6, 6.07) is 8.48. The third kappa shape index (κ3) is 2.54. The first-order valence-electron chi connectivity index (χ1n) is 5.89. The highest BCUT2D eigenvalue weighted by atomic mass is 16.5.